The topological polar surface area (TPSA) is 12.5 Å². The summed E-state index contributed by atoms with van der Waals surface area (Å²) in [6, 6.07) is 5.45. The third-order valence-corrected chi connectivity index (χ3v) is 3.44. The largest absolute Gasteiger partial charge is 0.383 e. The number of rotatable bonds is 7. The van der Waals surface area contributed by atoms with Crippen LogP contribution in [0.15, 0.2) is 18.2 Å². The van der Waals surface area contributed by atoms with Crippen LogP contribution in [-0.2, 0) is 10.6 Å². The average molecular weight is 274 g/mol. The highest BCUT2D eigenvalue weighted by Crippen LogP contribution is 2.24. The fourth-order valence-electron chi connectivity index (χ4n) is 1.85. The molecule has 102 valence electrons. The molecule has 0 N–H and O–H groups in total. The minimum Gasteiger partial charge on any atom is -0.383 e. The lowest BCUT2D eigenvalue weighted by Gasteiger charge is -2.31. The number of benzene rings is 1. The zero-order chi connectivity index (χ0) is 13.5. The second kappa shape index (κ2) is 7.59. The Morgan fingerprint density at radius 2 is 2.17 bits per heavy atom. The summed E-state index contributed by atoms with van der Waals surface area (Å²) < 4.78 is 19.2. The van der Waals surface area contributed by atoms with Gasteiger partial charge in [0.2, 0.25) is 0 Å². The maximum Gasteiger partial charge on any atom is 0.146 e. The van der Waals surface area contributed by atoms with Gasteiger partial charge in [-0.3, -0.25) is 0 Å². The van der Waals surface area contributed by atoms with E-state index in [0.29, 0.717) is 24.7 Å². The zero-order valence-corrected chi connectivity index (χ0v) is 12.0. The van der Waals surface area contributed by atoms with Crippen LogP contribution >= 0.6 is 11.6 Å². The lowest BCUT2D eigenvalue weighted by atomic mass is 10.1. The number of hydrogen-bond acceptors (Lipinski definition) is 2. The summed E-state index contributed by atoms with van der Waals surface area (Å²) in [7, 11) is 1.65. The molecule has 1 atom stereocenters. The second-order valence-electron chi connectivity index (χ2n) is 4.36. The predicted molar refractivity (Wildman–Crippen MR) is 74.9 cm³/mol. The molecular formula is C14H21ClFNO. The molecule has 0 saturated carbocycles. The highest BCUT2D eigenvalue weighted by Gasteiger charge is 2.16. The lowest BCUT2D eigenvalue weighted by Crippen LogP contribution is -2.36. The predicted octanol–water partition coefficient (Wildman–Crippen LogP) is 3.82. The Hall–Kier alpha value is -0.800. The summed E-state index contributed by atoms with van der Waals surface area (Å²) in [5, 5.41) is 0. The summed E-state index contributed by atoms with van der Waals surface area (Å²) in [5.41, 5.74) is 1.42. The molecule has 0 aliphatic carbocycles. The van der Waals surface area contributed by atoms with Crippen molar-refractivity contribution in [3.63, 3.8) is 0 Å². The van der Waals surface area contributed by atoms with Crippen molar-refractivity contribution in [3.05, 3.63) is 29.6 Å². The highest BCUT2D eigenvalue weighted by atomic mass is 35.5. The van der Waals surface area contributed by atoms with Crippen molar-refractivity contribution >= 4 is 17.3 Å². The number of alkyl halides is 1. The molecule has 0 aromatic heterocycles. The maximum absolute atomic E-state index is 14.1. The molecule has 1 unspecified atom stereocenters. The van der Waals surface area contributed by atoms with E-state index in [1.807, 2.05) is 11.0 Å². The first-order chi connectivity index (χ1) is 8.63. The first kappa shape index (κ1) is 15.3. The number of nitrogens with zero attached hydrogens (tertiary/aromatic N) is 1. The Morgan fingerprint density at radius 3 is 2.67 bits per heavy atom. The van der Waals surface area contributed by atoms with E-state index in [-0.39, 0.29) is 11.9 Å². The van der Waals surface area contributed by atoms with E-state index in [4.69, 9.17) is 16.3 Å². The molecule has 1 aromatic rings. The minimum atomic E-state index is -0.218. The van der Waals surface area contributed by atoms with E-state index >= 15 is 0 Å². The monoisotopic (exact) mass is 273 g/mol. The van der Waals surface area contributed by atoms with Crippen molar-refractivity contribution in [1.82, 2.24) is 0 Å². The van der Waals surface area contributed by atoms with Crippen molar-refractivity contribution < 1.29 is 9.13 Å². The third-order valence-electron chi connectivity index (χ3n) is 3.14. The number of ether oxygens (including phenoxy) is 1. The fourth-order valence-corrected chi connectivity index (χ4v) is 2.02. The van der Waals surface area contributed by atoms with Crippen molar-refractivity contribution in [3.8, 4) is 0 Å². The number of halogens is 2. The Labute approximate surface area is 114 Å². The molecule has 0 aliphatic heterocycles. The molecule has 2 nitrogen and oxygen atoms in total. The van der Waals surface area contributed by atoms with Crippen LogP contribution < -0.4 is 4.90 Å². The van der Waals surface area contributed by atoms with Crippen LogP contribution in [0.3, 0.4) is 0 Å². The summed E-state index contributed by atoms with van der Waals surface area (Å²) in [5.74, 6) is 0.114. The molecule has 1 aromatic carbocycles. The van der Waals surface area contributed by atoms with Crippen LogP contribution in [0.25, 0.3) is 0 Å². The van der Waals surface area contributed by atoms with Crippen molar-refractivity contribution in [1.29, 1.82) is 0 Å². The molecule has 4 heteroatoms. The summed E-state index contributed by atoms with van der Waals surface area (Å²) in [4.78, 5) is 2.04. The van der Waals surface area contributed by atoms with Crippen LogP contribution in [0.2, 0.25) is 0 Å². The van der Waals surface area contributed by atoms with Gasteiger partial charge in [0, 0.05) is 25.6 Å². The van der Waals surface area contributed by atoms with Crippen LogP contribution in [-0.4, -0.2) is 26.3 Å². The van der Waals surface area contributed by atoms with Crippen molar-refractivity contribution in [2.75, 3.05) is 25.2 Å². The lowest BCUT2D eigenvalue weighted by molar-refractivity contribution is 0.203. The molecule has 0 fully saturated rings. The molecular weight excluding hydrogens is 253 g/mol. The van der Waals surface area contributed by atoms with E-state index in [1.165, 1.54) is 6.07 Å². The standard InChI is InChI=1S/C14H21ClFNO/c1-4-11(2)17(7-8-18-3)14-6-5-12(10-15)9-13(14)16/h5-6,9,11H,4,7-8,10H2,1-3H3. The fraction of sp³-hybridized carbons (Fsp3) is 0.571. The third kappa shape index (κ3) is 3.85. The number of methoxy groups -OCH3 is 1. The molecule has 0 bridgehead atoms. The quantitative estimate of drug-likeness (QED) is 0.701. The molecule has 0 aliphatic rings. The Bertz CT molecular complexity index is 373. The first-order valence-electron chi connectivity index (χ1n) is 6.24. The highest BCUT2D eigenvalue weighted by molar-refractivity contribution is 6.17. The number of anilines is 1. The zero-order valence-electron chi connectivity index (χ0n) is 11.2. The van der Waals surface area contributed by atoms with Crippen LogP contribution in [0.1, 0.15) is 25.8 Å². The van der Waals surface area contributed by atoms with Gasteiger partial charge in [-0.1, -0.05) is 13.0 Å². The summed E-state index contributed by atoms with van der Waals surface area (Å²) in [6.07, 6.45) is 0.959. The molecule has 0 heterocycles. The Morgan fingerprint density at radius 1 is 1.44 bits per heavy atom. The van der Waals surface area contributed by atoms with Gasteiger partial charge in [0.15, 0.2) is 0 Å². The molecule has 0 radical (unpaired) electrons. The van der Waals surface area contributed by atoms with Crippen molar-refractivity contribution in [2.24, 2.45) is 0 Å². The van der Waals surface area contributed by atoms with Gasteiger partial charge in [0.1, 0.15) is 5.82 Å². The Kier molecular flexibility index (Phi) is 6.44. The Balaban J connectivity index is 2.96. The molecule has 0 amide bonds. The van der Waals surface area contributed by atoms with Gasteiger partial charge in [-0.25, -0.2) is 4.39 Å². The molecule has 0 spiro atoms. The van der Waals surface area contributed by atoms with E-state index in [9.17, 15) is 4.39 Å². The summed E-state index contributed by atoms with van der Waals surface area (Å²) >= 11 is 5.70. The summed E-state index contributed by atoms with van der Waals surface area (Å²) in [6.45, 7) is 5.45. The average Bonchev–Trinajstić information content (AvgIpc) is 2.39. The van der Waals surface area contributed by atoms with Gasteiger partial charge in [-0.05, 0) is 31.0 Å². The van der Waals surface area contributed by atoms with Gasteiger partial charge >= 0.3 is 0 Å². The number of hydrogen-bond donors (Lipinski definition) is 0. The van der Waals surface area contributed by atoms with E-state index < -0.39 is 0 Å². The molecule has 1 rings (SSSR count). The van der Waals surface area contributed by atoms with E-state index in [0.717, 1.165) is 12.0 Å². The minimum absolute atomic E-state index is 0.218. The van der Waals surface area contributed by atoms with Gasteiger partial charge < -0.3 is 9.64 Å². The van der Waals surface area contributed by atoms with E-state index in [1.54, 1.807) is 13.2 Å². The SMILES string of the molecule is CCC(C)N(CCOC)c1ccc(CCl)cc1F. The first-order valence-corrected chi connectivity index (χ1v) is 6.77. The normalized spacial score (nSPS) is 12.5. The molecule has 18 heavy (non-hydrogen) atoms. The van der Waals surface area contributed by atoms with Crippen molar-refractivity contribution in [2.45, 2.75) is 32.2 Å². The van der Waals surface area contributed by atoms with E-state index in [2.05, 4.69) is 13.8 Å². The molecule has 0 saturated heterocycles. The second-order valence-corrected chi connectivity index (χ2v) is 4.63. The maximum atomic E-state index is 14.1. The van der Waals surface area contributed by atoms with Crippen LogP contribution in [0, 0.1) is 5.82 Å². The van der Waals surface area contributed by atoms with Gasteiger partial charge in [-0.2, -0.15) is 0 Å². The van der Waals surface area contributed by atoms with Crippen LogP contribution in [0.4, 0.5) is 10.1 Å². The smallest absolute Gasteiger partial charge is 0.146 e. The van der Waals surface area contributed by atoms with Gasteiger partial charge in [0.05, 0.1) is 12.3 Å². The van der Waals surface area contributed by atoms with Crippen LogP contribution in [0.5, 0.6) is 0 Å². The van der Waals surface area contributed by atoms with Gasteiger partial charge in [0.25, 0.3) is 0 Å². The van der Waals surface area contributed by atoms with Gasteiger partial charge in [-0.15, -0.1) is 11.6 Å².